The van der Waals surface area contributed by atoms with Gasteiger partial charge in [-0.25, -0.2) is 9.59 Å². The SMILES string of the molecule is CCOC(C)/C(C(=O)O)=C(\C)C(=O)O. The van der Waals surface area contributed by atoms with E-state index in [0.717, 1.165) is 0 Å². The van der Waals surface area contributed by atoms with Crippen molar-refractivity contribution in [2.45, 2.75) is 26.9 Å². The van der Waals surface area contributed by atoms with E-state index in [2.05, 4.69) is 0 Å². The molecule has 0 radical (unpaired) electrons. The zero-order valence-corrected chi connectivity index (χ0v) is 8.40. The fraction of sp³-hybridized carbons (Fsp3) is 0.556. The number of carbonyl (C=O) groups is 2. The highest BCUT2D eigenvalue weighted by Gasteiger charge is 2.22. The lowest BCUT2D eigenvalue weighted by atomic mass is 10.1. The zero-order chi connectivity index (χ0) is 11.3. The van der Waals surface area contributed by atoms with E-state index in [1.54, 1.807) is 6.92 Å². The van der Waals surface area contributed by atoms with Crippen LogP contribution in [0.5, 0.6) is 0 Å². The molecule has 0 fully saturated rings. The minimum absolute atomic E-state index is 0.196. The third kappa shape index (κ3) is 3.18. The fourth-order valence-corrected chi connectivity index (χ4v) is 1.09. The highest BCUT2D eigenvalue weighted by atomic mass is 16.5. The van der Waals surface area contributed by atoms with Gasteiger partial charge in [0, 0.05) is 12.2 Å². The van der Waals surface area contributed by atoms with Crippen molar-refractivity contribution in [2.75, 3.05) is 6.61 Å². The number of hydrogen-bond donors (Lipinski definition) is 2. The average Bonchev–Trinajstić information content (AvgIpc) is 2.03. The van der Waals surface area contributed by atoms with Crippen LogP contribution in [-0.2, 0) is 14.3 Å². The summed E-state index contributed by atoms with van der Waals surface area (Å²) in [5, 5.41) is 17.4. The first-order valence-corrected chi connectivity index (χ1v) is 4.20. The molecule has 0 aromatic carbocycles. The summed E-state index contributed by atoms with van der Waals surface area (Å²) in [7, 11) is 0. The van der Waals surface area contributed by atoms with Crippen LogP contribution >= 0.6 is 0 Å². The Morgan fingerprint density at radius 1 is 1.29 bits per heavy atom. The zero-order valence-electron chi connectivity index (χ0n) is 8.40. The molecule has 5 heteroatoms. The summed E-state index contributed by atoms with van der Waals surface area (Å²) < 4.78 is 5.03. The monoisotopic (exact) mass is 202 g/mol. The first-order valence-electron chi connectivity index (χ1n) is 4.20. The van der Waals surface area contributed by atoms with Gasteiger partial charge in [-0.3, -0.25) is 0 Å². The third-order valence-electron chi connectivity index (χ3n) is 1.78. The summed E-state index contributed by atoms with van der Waals surface area (Å²) in [4.78, 5) is 21.3. The lowest BCUT2D eigenvalue weighted by Crippen LogP contribution is -2.22. The molecule has 0 rings (SSSR count). The maximum absolute atomic E-state index is 10.8. The van der Waals surface area contributed by atoms with Crippen LogP contribution in [-0.4, -0.2) is 34.9 Å². The Balaban J connectivity index is 5.03. The standard InChI is InChI=1S/C9H14O5/c1-4-14-6(3)7(9(12)13)5(2)8(10)11/h6H,4H2,1-3H3,(H,10,11)(H,12,13)/b7-5-. The molecular weight excluding hydrogens is 188 g/mol. The summed E-state index contributed by atoms with van der Waals surface area (Å²) >= 11 is 0. The molecule has 5 nitrogen and oxygen atoms in total. The summed E-state index contributed by atoms with van der Waals surface area (Å²) in [5.41, 5.74) is -0.405. The number of rotatable bonds is 5. The highest BCUT2D eigenvalue weighted by Crippen LogP contribution is 2.12. The molecule has 1 unspecified atom stereocenters. The minimum atomic E-state index is -1.26. The number of carboxylic acids is 2. The topological polar surface area (TPSA) is 83.8 Å². The summed E-state index contributed by atoms with van der Waals surface area (Å²) in [6, 6.07) is 0. The second-order valence-corrected chi connectivity index (χ2v) is 2.75. The van der Waals surface area contributed by atoms with Crippen molar-refractivity contribution in [3.05, 3.63) is 11.1 Å². The molecule has 0 aliphatic rings. The maximum atomic E-state index is 10.8. The van der Waals surface area contributed by atoms with Gasteiger partial charge in [-0.2, -0.15) is 0 Å². The molecule has 0 saturated carbocycles. The Morgan fingerprint density at radius 2 is 1.79 bits per heavy atom. The van der Waals surface area contributed by atoms with E-state index in [1.807, 2.05) is 0 Å². The molecule has 0 aliphatic carbocycles. The fourth-order valence-electron chi connectivity index (χ4n) is 1.09. The summed E-state index contributed by atoms with van der Waals surface area (Å²) in [6.45, 7) is 4.82. The van der Waals surface area contributed by atoms with Crippen LogP contribution in [0.25, 0.3) is 0 Å². The van der Waals surface area contributed by atoms with Crippen molar-refractivity contribution < 1.29 is 24.5 Å². The Kier molecular flexibility index (Phi) is 4.86. The Hall–Kier alpha value is -1.36. The smallest absolute Gasteiger partial charge is 0.334 e. The molecule has 0 aliphatic heterocycles. The second kappa shape index (κ2) is 5.39. The molecule has 0 heterocycles. The number of aliphatic carboxylic acids is 2. The summed E-state index contributed by atoms with van der Waals surface area (Å²) in [6.07, 6.45) is -0.714. The average molecular weight is 202 g/mol. The second-order valence-electron chi connectivity index (χ2n) is 2.75. The number of ether oxygens (including phenoxy) is 1. The van der Waals surface area contributed by atoms with Gasteiger partial charge in [-0.15, -0.1) is 0 Å². The van der Waals surface area contributed by atoms with Crippen molar-refractivity contribution in [3.8, 4) is 0 Å². The van der Waals surface area contributed by atoms with Gasteiger partial charge in [0.05, 0.1) is 11.7 Å². The molecule has 0 amide bonds. The molecule has 1 atom stereocenters. The Bertz CT molecular complexity index is 266. The molecule has 0 saturated heterocycles. The molecular formula is C9H14O5. The van der Waals surface area contributed by atoms with Gasteiger partial charge in [-0.05, 0) is 20.8 Å². The molecule has 0 spiro atoms. The molecule has 14 heavy (non-hydrogen) atoms. The lowest BCUT2D eigenvalue weighted by Gasteiger charge is -2.13. The van der Waals surface area contributed by atoms with Crippen LogP contribution in [0.2, 0.25) is 0 Å². The van der Waals surface area contributed by atoms with Gasteiger partial charge in [-0.1, -0.05) is 0 Å². The van der Waals surface area contributed by atoms with E-state index in [-0.39, 0.29) is 11.1 Å². The van der Waals surface area contributed by atoms with Crippen LogP contribution in [0.1, 0.15) is 20.8 Å². The van der Waals surface area contributed by atoms with E-state index in [1.165, 1.54) is 13.8 Å². The maximum Gasteiger partial charge on any atom is 0.334 e. The van der Waals surface area contributed by atoms with Crippen LogP contribution in [0, 0.1) is 0 Å². The van der Waals surface area contributed by atoms with Gasteiger partial charge >= 0.3 is 11.9 Å². The van der Waals surface area contributed by atoms with Crippen LogP contribution in [0.3, 0.4) is 0 Å². The Morgan fingerprint density at radius 3 is 2.07 bits per heavy atom. The largest absolute Gasteiger partial charge is 0.478 e. The van der Waals surface area contributed by atoms with E-state index in [0.29, 0.717) is 6.61 Å². The quantitative estimate of drug-likeness (QED) is 0.647. The first-order chi connectivity index (χ1) is 6.41. The normalized spacial score (nSPS) is 14.5. The van der Waals surface area contributed by atoms with Crippen molar-refractivity contribution in [1.82, 2.24) is 0 Å². The van der Waals surface area contributed by atoms with Crippen molar-refractivity contribution in [1.29, 1.82) is 0 Å². The van der Waals surface area contributed by atoms with E-state index < -0.39 is 18.0 Å². The van der Waals surface area contributed by atoms with Crippen molar-refractivity contribution in [2.24, 2.45) is 0 Å². The highest BCUT2D eigenvalue weighted by molar-refractivity contribution is 5.99. The molecule has 0 bridgehead atoms. The number of carboxylic acid groups (broad SMARTS) is 2. The van der Waals surface area contributed by atoms with Gasteiger partial charge in [0.15, 0.2) is 0 Å². The minimum Gasteiger partial charge on any atom is -0.478 e. The van der Waals surface area contributed by atoms with Gasteiger partial charge < -0.3 is 14.9 Å². The van der Waals surface area contributed by atoms with Crippen molar-refractivity contribution >= 4 is 11.9 Å². The van der Waals surface area contributed by atoms with Gasteiger partial charge in [0.25, 0.3) is 0 Å². The van der Waals surface area contributed by atoms with Crippen LogP contribution < -0.4 is 0 Å². The van der Waals surface area contributed by atoms with E-state index in [4.69, 9.17) is 14.9 Å². The predicted molar refractivity (Wildman–Crippen MR) is 49.1 cm³/mol. The Labute approximate surface area is 82.0 Å². The third-order valence-corrected chi connectivity index (χ3v) is 1.78. The van der Waals surface area contributed by atoms with Crippen molar-refractivity contribution in [3.63, 3.8) is 0 Å². The molecule has 80 valence electrons. The van der Waals surface area contributed by atoms with E-state index >= 15 is 0 Å². The van der Waals surface area contributed by atoms with Crippen LogP contribution in [0.15, 0.2) is 11.1 Å². The van der Waals surface area contributed by atoms with Crippen LogP contribution in [0.4, 0.5) is 0 Å². The lowest BCUT2D eigenvalue weighted by molar-refractivity contribution is -0.137. The van der Waals surface area contributed by atoms with Gasteiger partial charge in [0.1, 0.15) is 0 Å². The first kappa shape index (κ1) is 12.6. The molecule has 0 aromatic rings. The molecule has 0 aromatic heterocycles. The van der Waals surface area contributed by atoms with Gasteiger partial charge in [0.2, 0.25) is 0 Å². The number of hydrogen-bond acceptors (Lipinski definition) is 3. The predicted octanol–water partition coefficient (Wildman–Crippen LogP) is 0.897. The molecule has 2 N–H and O–H groups in total. The van der Waals surface area contributed by atoms with E-state index in [9.17, 15) is 9.59 Å². The summed E-state index contributed by atoms with van der Waals surface area (Å²) in [5.74, 6) is -2.50.